The summed E-state index contributed by atoms with van der Waals surface area (Å²) in [4.78, 5) is 3.46. The van der Waals surface area contributed by atoms with E-state index in [2.05, 4.69) is 76.6 Å². The molecule has 2 heteroatoms. The number of aromatic nitrogens is 1. The van der Waals surface area contributed by atoms with E-state index in [0.29, 0.717) is 0 Å². The maximum atomic E-state index is 4.01. The molecule has 0 saturated carbocycles. The summed E-state index contributed by atoms with van der Waals surface area (Å²) in [5.41, 5.74) is 3.56. The van der Waals surface area contributed by atoms with Crippen LogP contribution in [0.25, 0.3) is 25.4 Å². The summed E-state index contributed by atoms with van der Waals surface area (Å²) in [7, 11) is 0. The van der Waals surface area contributed by atoms with Gasteiger partial charge in [0.1, 0.15) is 0 Å². The van der Waals surface area contributed by atoms with Gasteiger partial charge in [-0.1, -0.05) is 43.0 Å². The Bertz CT molecular complexity index is 694. The van der Waals surface area contributed by atoms with Gasteiger partial charge in [-0.05, 0) is 28.7 Å². The molecule has 1 N–H and O–H groups in total. The molecule has 0 saturated heterocycles. The lowest BCUT2D eigenvalue weighted by Crippen LogP contribution is -1.77. The number of H-pyrrole nitrogens is 1. The van der Waals surface area contributed by atoms with Crippen LogP contribution in [0, 0.1) is 0 Å². The maximum Gasteiger partial charge on any atom is 0.0548 e. The molecule has 0 fully saturated rings. The number of hydrogen-bond donors (Lipinski definition) is 1. The van der Waals surface area contributed by atoms with Gasteiger partial charge >= 0.3 is 0 Å². The first-order valence-electron chi connectivity index (χ1n) is 5.11. The normalized spacial score (nSPS) is 11.1. The minimum atomic E-state index is 1.06. The largest absolute Gasteiger partial charge is 0.354 e. The van der Waals surface area contributed by atoms with Crippen molar-refractivity contribution in [2.45, 2.75) is 0 Å². The Balaban J connectivity index is 2.54. The minimum Gasteiger partial charge on any atom is -0.354 e. The molecular formula is C14H10IN. The van der Waals surface area contributed by atoms with E-state index in [1.54, 1.807) is 0 Å². The molecule has 16 heavy (non-hydrogen) atoms. The minimum absolute atomic E-state index is 1.06. The molecule has 0 unspecified atom stereocenters. The maximum absolute atomic E-state index is 4.01. The van der Waals surface area contributed by atoms with Crippen LogP contribution in [0.2, 0.25) is 0 Å². The third-order valence-corrected chi connectivity index (χ3v) is 3.41. The van der Waals surface area contributed by atoms with Gasteiger partial charge in [-0.2, -0.15) is 0 Å². The van der Waals surface area contributed by atoms with Crippen molar-refractivity contribution in [3.8, 4) is 0 Å². The standard InChI is InChI=1S/C14H10IN/c1-9(15)10-6-4-7-12-11-5-2-3-8-13(11)16-14(10)12/h2-8,16H,1H2. The highest BCUT2D eigenvalue weighted by Gasteiger charge is 2.07. The van der Waals surface area contributed by atoms with Crippen LogP contribution >= 0.6 is 22.6 Å². The summed E-state index contributed by atoms with van der Waals surface area (Å²) in [5.74, 6) is 0. The number of rotatable bonds is 1. The van der Waals surface area contributed by atoms with Crippen LogP contribution in [-0.2, 0) is 0 Å². The van der Waals surface area contributed by atoms with Crippen molar-refractivity contribution in [1.82, 2.24) is 4.98 Å². The highest BCUT2D eigenvalue weighted by Crippen LogP contribution is 2.32. The summed E-state index contributed by atoms with van der Waals surface area (Å²) in [6.07, 6.45) is 0. The van der Waals surface area contributed by atoms with E-state index < -0.39 is 0 Å². The molecule has 1 nitrogen and oxygen atoms in total. The van der Waals surface area contributed by atoms with Gasteiger partial charge in [0.2, 0.25) is 0 Å². The predicted molar refractivity (Wildman–Crippen MR) is 78.9 cm³/mol. The zero-order chi connectivity index (χ0) is 11.1. The molecule has 2 aromatic carbocycles. The summed E-state index contributed by atoms with van der Waals surface area (Å²) in [6, 6.07) is 14.7. The average Bonchev–Trinajstić information content (AvgIpc) is 2.67. The van der Waals surface area contributed by atoms with Crippen molar-refractivity contribution in [3.63, 3.8) is 0 Å². The molecule has 0 aliphatic rings. The molecule has 0 aliphatic carbocycles. The molecule has 0 spiro atoms. The zero-order valence-electron chi connectivity index (χ0n) is 8.63. The molecule has 0 bridgehead atoms. The number of para-hydroxylation sites is 2. The van der Waals surface area contributed by atoms with Gasteiger partial charge in [0.05, 0.1) is 5.52 Å². The number of halogens is 1. The molecule has 1 aromatic heterocycles. The van der Waals surface area contributed by atoms with E-state index in [0.717, 1.165) is 3.58 Å². The van der Waals surface area contributed by atoms with Crippen molar-refractivity contribution >= 4 is 48.0 Å². The lowest BCUT2D eigenvalue weighted by atomic mass is 10.1. The Hall–Kier alpha value is -1.29. The van der Waals surface area contributed by atoms with Gasteiger partial charge < -0.3 is 4.98 Å². The fourth-order valence-electron chi connectivity index (χ4n) is 2.10. The number of benzene rings is 2. The van der Waals surface area contributed by atoms with Crippen molar-refractivity contribution in [2.24, 2.45) is 0 Å². The lowest BCUT2D eigenvalue weighted by Gasteiger charge is -1.99. The van der Waals surface area contributed by atoms with E-state index >= 15 is 0 Å². The first-order valence-corrected chi connectivity index (χ1v) is 6.19. The smallest absolute Gasteiger partial charge is 0.0548 e. The molecular weight excluding hydrogens is 309 g/mol. The second kappa shape index (κ2) is 3.63. The van der Waals surface area contributed by atoms with Crippen LogP contribution in [0.4, 0.5) is 0 Å². The molecule has 1 heterocycles. The van der Waals surface area contributed by atoms with Gasteiger partial charge in [-0.3, -0.25) is 0 Å². The molecule has 78 valence electrons. The Labute approximate surface area is 107 Å². The second-order valence-electron chi connectivity index (χ2n) is 3.80. The topological polar surface area (TPSA) is 15.8 Å². The van der Waals surface area contributed by atoms with E-state index in [-0.39, 0.29) is 0 Å². The summed E-state index contributed by atoms with van der Waals surface area (Å²) >= 11 is 2.27. The quantitative estimate of drug-likeness (QED) is 0.624. The van der Waals surface area contributed by atoms with Gasteiger partial charge in [-0.25, -0.2) is 0 Å². The molecule has 3 rings (SSSR count). The van der Waals surface area contributed by atoms with Crippen LogP contribution in [0.5, 0.6) is 0 Å². The fourth-order valence-corrected chi connectivity index (χ4v) is 2.55. The van der Waals surface area contributed by atoms with E-state index in [1.807, 2.05) is 0 Å². The number of aromatic amines is 1. The van der Waals surface area contributed by atoms with Gasteiger partial charge in [0.15, 0.2) is 0 Å². The highest BCUT2D eigenvalue weighted by molar-refractivity contribution is 14.1. The monoisotopic (exact) mass is 319 g/mol. The van der Waals surface area contributed by atoms with E-state index in [1.165, 1.54) is 27.4 Å². The third-order valence-electron chi connectivity index (χ3n) is 2.83. The molecule has 0 amide bonds. The molecule has 0 radical (unpaired) electrons. The Morgan fingerprint density at radius 2 is 1.75 bits per heavy atom. The highest BCUT2D eigenvalue weighted by atomic mass is 127. The van der Waals surface area contributed by atoms with Crippen molar-refractivity contribution in [1.29, 1.82) is 0 Å². The first-order chi connectivity index (χ1) is 7.77. The summed E-state index contributed by atoms with van der Waals surface area (Å²) < 4.78 is 1.06. The van der Waals surface area contributed by atoms with Gasteiger partial charge in [0.25, 0.3) is 0 Å². The summed E-state index contributed by atoms with van der Waals surface area (Å²) in [5, 5.41) is 2.54. The first kappa shape index (κ1) is 9.90. The number of hydrogen-bond acceptors (Lipinski definition) is 0. The van der Waals surface area contributed by atoms with Crippen molar-refractivity contribution in [3.05, 3.63) is 54.6 Å². The number of fused-ring (bicyclic) bond motifs is 3. The Morgan fingerprint density at radius 3 is 2.56 bits per heavy atom. The molecule has 0 atom stereocenters. The van der Waals surface area contributed by atoms with Crippen LogP contribution in [-0.4, -0.2) is 4.98 Å². The van der Waals surface area contributed by atoms with Crippen molar-refractivity contribution in [2.75, 3.05) is 0 Å². The summed E-state index contributed by atoms with van der Waals surface area (Å²) in [6.45, 7) is 4.01. The lowest BCUT2D eigenvalue weighted by molar-refractivity contribution is 1.53. The molecule has 3 aromatic rings. The average molecular weight is 319 g/mol. The van der Waals surface area contributed by atoms with E-state index in [4.69, 9.17) is 0 Å². The third kappa shape index (κ3) is 1.37. The van der Waals surface area contributed by atoms with Crippen molar-refractivity contribution < 1.29 is 0 Å². The number of nitrogens with one attached hydrogen (secondary N) is 1. The van der Waals surface area contributed by atoms with E-state index in [9.17, 15) is 0 Å². The molecule has 0 aliphatic heterocycles. The Morgan fingerprint density at radius 1 is 1.00 bits per heavy atom. The zero-order valence-corrected chi connectivity index (χ0v) is 10.8. The van der Waals surface area contributed by atoms with Crippen LogP contribution in [0.3, 0.4) is 0 Å². The fraction of sp³-hybridized carbons (Fsp3) is 0. The van der Waals surface area contributed by atoms with Gasteiger partial charge in [-0.15, -0.1) is 0 Å². The van der Waals surface area contributed by atoms with Gasteiger partial charge in [0, 0.05) is 25.4 Å². The second-order valence-corrected chi connectivity index (χ2v) is 5.11. The Kier molecular flexibility index (Phi) is 2.24. The SMILES string of the molecule is C=C(I)c1cccc2c1[nH]c1ccccc12. The predicted octanol–water partition coefficient (Wildman–Crippen LogP) is 4.73. The van der Waals surface area contributed by atoms with Crippen LogP contribution in [0.15, 0.2) is 49.0 Å². The van der Waals surface area contributed by atoms with Crippen LogP contribution < -0.4 is 0 Å². The van der Waals surface area contributed by atoms with Crippen LogP contribution in [0.1, 0.15) is 5.56 Å².